The van der Waals surface area contributed by atoms with Crippen LogP contribution in [0.5, 0.6) is 0 Å². The van der Waals surface area contributed by atoms with Crippen LogP contribution in [0.1, 0.15) is 11.4 Å². The highest BCUT2D eigenvalue weighted by Crippen LogP contribution is 2.21. The van der Waals surface area contributed by atoms with E-state index in [4.69, 9.17) is 5.73 Å². The third-order valence-electron chi connectivity index (χ3n) is 2.47. The molecule has 0 saturated heterocycles. The van der Waals surface area contributed by atoms with Gasteiger partial charge in [-0.3, -0.25) is 9.36 Å². The zero-order valence-electron chi connectivity index (χ0n) is 9.73. The standard InChI is InChI=1S/C10H16N6/c1-7-9(11)10(16(3)13-7)12-6-8-4-5-15(2)14-8/h4-5,12H,6,11H2,1-3H3. The van der Waals surface area contributed by atoms with Gasteiger partial charge in [-0.25, -0.2) is 0 Å². The summed E-state index contributed by atoms with van der Waals surface area (Å²) in [4.78, 5) is 0. The lowest BCUT2D eigenvalue weighted by Crippen LogP contribution is -2.07. The lowest BCUT2D eigenvalue weighted by atomic mass is 10.3. The Morgan fingerprint density at radius 1 is 1.38 bits per heavy atom. The normalized spacial score (nSPS) is 10.7. The Hall–Kier alpha value is -1.98. The predicted octanol–water partition coefficient (Wildman–Crippen LogP) is 0.656. The first-order valence-electron chi connectivity index (χ1n) is 5.09. The molecule has 6 heteroatoms. The van der Waals surface area contributed by atoms with Crippen molar-refractivity contribution in [2.75, 3.05) is 11.1 Å². The lowest BCUT2D eigenvalue weighted by molar-refractivity contribution is 0.737. The van der Waals surface area contributed by atoms with Crippen LogP contribution in [0.15, 0.2) is 12.3 Å². The molecule has 0 aliphatic heterocycles. The summed E-state index contributed by atoms with van der Waals surface area (Å²) < 4.78 is 3.52. The van der Waals surface area contributed by atoms with Crippen molar-refractivity contribution in [3.05, 3.63) is 23.7 Å². The summed E-state index contributed by atoms with van der Waals surface area (Å²) in [6, 6.07) is 1.96. The summed E-state index contributed by atoms with van der Waals surface area (Å²) >= 11 is 0. The van der Waals surface area contributed by atoms with Crippen LogP contribution in [0, 0.1) is 6.92 Å². The van der Waals surface area contributed by atoms with Crippen LogP contribution in [-0.2, 0) is 20.6 Å². The molecule has 0 fully saturated rings. The van der Waals surface area contributed by atoms with E-state index in [0.717, 1.165) is 17.2 Å². The van der Waals surface area contributed by atoms with Crippen molar-refractivity contribution in [2.24, 2.45) is 14.1 Å². The van der Waals surface area contributed by atoms with Crippen molar-refractivity contribution in [2.45, 2.75) is 13.5 Å². The van der Waals surface area contributed by atoms with Crippen LogP contribution in [0.3, 0.4) is 0 Å². The molecule has 0 bridgehead atoms. The summed E-state index contributed by atoms with van der Waals surface area (Å²) in [5, 5.41) is 11.7. The van der Waals surface area contributed by atoms with Crippen LogP contribution in [0.4, 0.5) is 11.5 Å². The molecule has 2 rings (SSSR count). The first kappa shape index (κ1) is 10.5. The molecule has 0 unspecified atom stereocenters. The first-order valence-corrected chi connectivity index (χ1v) is 5.09. The number of nitrogens with two attached hydrogens (primary N) is 1. The molecular formula is C10H16N6. The van der Waals surface area contributed by atoms with Gasteiger partial charge in [-0.15, -0.1) is 0 Å². The second-order valence-electron chi connectivity index (χ2n) is 3.81. The van der Waals surface area contributed by atoms with Crippen molar-refractivity contribution < 1.29 is 0 Å². The maximum atomic E-state index is 5.90. The van der Waals surface area contributed by atoms with Crippen molar-refractivity contribution in [3.8, 4) is 0 Å². The van der Waals surface area contributed by atoms with Gasteiger partial charge in [0.15, 0.2) is 0 Å². The minimum atomic E-state index is 0.643. The predicted molar refractivity (Wildman–Crippen MR) is 62.9 cm³/mol. The van der Waals surface area contributed by atoms with E-state index in [1.807, 2.05) is 33.3 Å². The molecule has 0 radical (unpaired) electrons. The number of nitrogen functional groups attached to an aromatic ring is 1. The molecule has 0 atom stereocenters. The average Bonchev–Trinajstić information content (AvgIpc) is 2.72. The topological polar surface area (TPSA) is 73.7 Å². The number of anilines is 2. The number of nitrogens with zero attached hydrogens (tertiary/aromatic N) is 4. The van der Waals surface area contributed by atoms with Gasteiger partial charge in [0, 0.05) is 20.3 Å². The molecule has 0 aromatic carbocycles. The third kappa shape index (κ3) is 1.86. The Labute approximate surface area is 94.1 Å². The monoisotopic (exact) mass is 220 g/mol. The lowest BCUT2D eigenvalue weighted by Gasteiger charge is -2.05. The van der Waals surface area contributed by atoms with E-state index in [2.05, 4.69) is 15.5 Å². The molecule has 0 spiro atoms. The smallest absolute Gasteiger partial charge is 0.148 e. The van der Waals surface area contributed by atoms with Crippen LogP contribution in [0.25, 0.3) is 0 Å². The number of aromatic nitrogens is 4. The van der Waals surface area contributed by atoms with E-state index in [9.17, 15) is 0 Å². The number of rotatable bonds is 3. The highest BCUT2D eigenvalue weighted by molar-refractivity contribution is 5.64. The fourth-order valence-electron chi connectivity index (χ4n) is 1.62. The molecule has 2 aromatic rings. The van der Waals surface area contributed by atoms with Crippen LogP contribution < -0.4 is 11.1 Å². The minimum absolute atomic E-state index is 0.643. The van der Waals surface area contributed by atoms with Crippen LogP contribution in [-0.4, -0.2) is 19.6 Å². The van der Waals surface area contributed by atoms with Gasteiger partial charge in [-0.1, -0.05) is 0 Å². The largest absolute Gasteiger partial charge is 0.394 e. The van der Waals surface area contributed by atoms with E-state index in [1.54, 1.807) is 9.36 Å². The van der Waals surface area contributed by atoms with Crippen molar-refractivity contribution in [1.82, 2.24) is 19.6 Å². The number of aryl methyl sites for hydroxylation is 3. The summed E-state index contributed by atoms with van der Waals surface area (Å²) in [5.41, 5.74) is 8.41. The van der Waals surface area contributed by atoms with E-state index in [1.165, 1.54) is 0 Å². The maximum Gasteiger partial charge on any atom is 0.148 e. The molecule has 16 heavy (non-hydrogen) atoms. The third-order valence-corrected chi connectivity index (χ3v) is 2.47. The van der Waals surface area contributed by atoms with E-state index in [-0.39, 0.29) is 0 Å². The van der Waals surface area contributed by atoms with Gasteiger partial charge in [0.2, 0.25) is 0 Å². The zero-order chi connectivity index (χ0) is 11.7. The quantitative estimate of drug-likeness (QED) is 0.796. The van der Waals surface area contributed by atoms with Crippen molar-refractivity contribution in [1.29, 1.82) is 0 Å². The number of nitrogens with one attached hydrogen (secondary N) is 1. The second-order valence-corrected chi connectivity index (χ2v) is 3.81. The van der Waals surface area contributed by atoms with Gasteiger partial charge in [0.25, 0.3) is 0 Å². The molecule has 2 aromatic heterocycles. The fraction of sp³-hybridized carbons (Fsp3) is 0.400. The molecule has 0 saturated carbocycles. The highest BCUT2D eigenvalue weighted by Gasteiger charge is 2.09. The number of hydrogen-bond donors (Lipinski definition) is 2. The Morgan fingerprint density at radius 3 is 2.62 bits per heavy atom. The van der Waals surface area contributed by atoms with Gasteiger partial charge >= 0.3 is 0 Å². The first-order chi connectivity index (χ1) is 7.58. The van der Waals surface area contributed by atoms with Crippen molar-refractivity contribution >= 4 is 11.5 Å². The van der Waals surface area contributed by atoms with Crippen LogP contribution >= 0.6 is 0 Å². The average molecular weight is 220 g/mol. The summed E-state index contributed by atoms with van der Waals surface area (Å²) in [6.07, 6.45) is 1.91. The van der Waals surface area contributed by atoms with Gasteiger partial charge < -0.3 is 11.1 Å². The highest BCUT2D eigenvalue weighted by atomic mass is 15.3. The van der Waals surface area contributed by atoms with Gasteiger partial charge in [-0.2, -0.15) is 10.2 Å². The molecular weight excluding hydrogens is 204 g/mol. The zero-order valence-corrected chi connectivity index (χ0v) is 9.73. The molecule has 0 aliphatic carbocycles. The Morgan fingerprint density at radius 2 is 2.12 bits per heavy atom. The minimum Gasteiger partial charge on any atom is -0.394 e. The Kier molecular flexibility index (Phi) is 2.55. The molecule has 86 valence electrons. The Balaban J connectivity index is 2.10. The Bertz CT molecular complexity index is 495. The van der Waals surface area contributed by atoms with Crippen LogP contribution in [0.2, 0.25) is 0 Å². The maximum absolute atomic E-state index is 5.90. The van der Waals surface area contributed by atoms with E-state index < -0.39 is 0 Å². The van der Waals surface area contributed by atoms with Gasteiger partial charge in [0.1, 0.15) is 5.82 Å². The van der Waals surface area contributed by atoms with Crippen molar-refractivity contribution in [3.63, 3.8) is 0 Å². The molecule has 3 N–H and O–H groups in total. The molecule has 0 aliphatic rings. The molecule has 2 heterocycles. The molecule has 6 nitrogen and oxygen atoms in total. The SMILES string of the molecule is Cc1nn(C)c(NCc2ccn(C)n2)c1N. The summed E-state index contributed by atoms with van der Waals surface area (Å²) in [5.74, 6) is 0.836. The van der Waals surface area contributed by atoms with Gasteiger partial charge in [0.05, 0.1) is 23.6 Å². The summed E-state index contributed by atoms with van der Waals surface area (Å²) in [7, 11) is 3.76. The second kappa shape index (κ2) is 3.88. The van der Waals surface area contributed by atoms with E-state index >= 15 is 0 Å². The summed E-state index contributed by atoms with van der Waals surface area (Å²) in [6.45, 7) is 2.53. The molecule has 0 amide bonds. The fourth-order valence-corrected chi connectivity index (χ4v) is 1.62. The number of hydrogen-bond acceptors (Lipinski definition) is 4. The van der Waals surface area contributed by atoms with Gasteiger partial charge in [-0.05, 0) is 13.0 Å². The van der Waals surface area contributed by atoms with E-state index in [0.29, 0.717) is 12.2 Å².